The average Bonchev–Trinajstić information content (AvgIpc) is 3.11. The molecule has 128 valence electrons. The van der Waals surface area contributed by atoms with Crippen molar-refractivity contribution >= 4 is 34.5 Å². The first-order valence-corrected chi connectivity index (χ1v) is 9.31. The maximum Gasteiger partial charge on any atom is 0.264 e. The molecule has 24 heavy (non-hydrogen) atoms. The molecule has 0 bridgehead atoms. The Morgan fingerprint density at radius 1 is 1.12 bits per heavy atom. The second-order valence-electron chi connectivity index (χ2n) is 6.37. The number of hydrogen-bond donors (Lipinski definition) is 1. The van der Waals surface area contributed by atoms with Gasteiger partial charge in [0.15, 0.2) is 0 Å². The Bertz CT molecular complexity index is 774. The maximum absolute atomic E-state index is 12.4. The minimum Gasteiger partial charge on any atom is -0.384 e. The van der Waals surface area contributed by atoms with Gasteiger partial charge in [-0.1, -0.05) is 0 Å². The fourth-order valence-electron chi connectivity index (χ4n) is 2.86. The van der Waals surface area contributed by atoms with Gasteiger partial charge in [0.25, 0.3) is 11.8 Å². The third-order valence-electron chi connectivity index (χ3n) is 4.04. The summed E-state index contributed by atoms with van der Waals surface area (Å²) in [6, 6.07) is 7.44. The Kier molecular flexibility index (Phi) is 4.50. The summed E-state index contributed by atoms with van der Waals surface area (Å²) in [5, 5.41) is 10.6. The van der Waals surface area contributed by atoms with E-state index in [2.05, 4.69) is 0 Å². The Balaban J connectivity index is 1.57. The van der Waals surface area contributed by atoms with Gasteiger partial charge in [-0.2, -0.15) is 0 Å². The van der Waals surface area contributed by atoms with Gasteiger partial charge in [-0.3, -0.25) is 9.59 Å². The highest BCUT2D eigenvalue weighted by Crippen LogP contribution is 2.27. The zero-order chi connectivity index (χ0) is 17.5. The van der Waals surface area contributed by atoms with E-state index >= 15 is 0 Å². The number of β-amino-alcohol motifs (C(OH)–C–C–N with tert-alkyl or cyclic N) is 1. The number of thiophene rings is 2. The predicted octanol–water partition coefficient (Wildman–Crippen LogP) is 2.39. The van der Waals surface area contributed by atoms with Gasteiger partial charge < -0.3 is 14.9 Å². The average molecular weight is 364 g/mol. The minimum absolute atomic E-state index is 0.0550. The molecule has 0 radical (unpaired) electrons. The number of rotatable bonds is 4. The van der Waals surface area contributed by atoms with Crippen molar-refractivity contribution in [2.24, 2.45) is 0 Å². The van der Waals surface area contributed by atoms with E-state index in [0.717, 1.165) is 9.75 Å². The van der Waals surface area contributed by atoms with Crippen LogP contribution in [0.1, 0.15) is 29.1 Å². The van der Waals surface area contributed by atoms with Gasteiger partial charge in [-0.25, -0.2) is 0 Å². The Labute approximate surface area is 149 Å². The number of likely N-dealkylation sites (N-methyl/N-ethyl adjacent to an activating group) is 1. The van der Waals surface area contributed by atoms with Crippen LogP contribution in [0, 0.1) is 13.8 Å². The monoisotopic (exact) mass is 364 g/mol. The molecule has 0 spiro atoms. The van der Waals surface area contributed by atoms with Crippen molar-refractivity contribution in [2.45, 2.75) is 19.4 Å². The fraction of sp³-hybridized carbons (Fsp3) is 0.412. The van der Waals surface area contributed by atoms with Crippen LogP contribution in [0.5, 0.6) is 0 Å². The van der Waals surface area contributed by atoms with E-state index in [1.165, 1.54) is 27.6 Å². The molecule has 1 saturated heterocycles. The van der Waals surface area contributed by atoms with Gasteiger partial charge in [-0.05, 0) is 38.1 Å². The Hall–Kier alpha value is -1.70. The number of carbonyl (C=O) groups is 2. The molecular formula is C17H20N2O3S2. The maximum atomic E-state index is 12.4. The summed E-state index contributed by atoms with van der Waals surface area (Å²) in [4.78, 5) is 31.4. The summed E-state index contributed by atoms with van der Waals surface area (Å²) >= 11 is 2.90. The Morgan fingerprint density at radius 2 is 1.67 bits per heavy atom. The molecule has 0 aliphatic carbocycles. The van der Waals surface area contributed by atoms with Crippen LogP contribution >= 0.6 is 22.7 Å². The molecule has 3 heterocycles. The van der Waals surface area contributed by atoms with Crippen molar-refractivity contribution in [3.63, 3.8) is 0 Å². The van der Waals surface area contributed by atoms with Gasteiger partial charge in [0.1, 0.15) is 5.60 Å². The highest BCUT2D eigenvalue weighted by atomic mass is 32.1. The third kappa shape index (κ3) is 3.38. The highest BCUT2D eigenvalue weighted by Gasteiger charge is 2.45. The summed E-state index contributed by atoms with van der Waals surface area (Å²) in [5.41, 5.74) is -1.03. The molecule has 2 aromatic heterocycles. The molecule has 0 unspecified atom stereocenters. The lowest BCUT2D eigenvalue weighted by Crippen LogP contribution is -2.67. The van der Waals surface area contributed by atoms with Crippen LogP contribution in [-0.2, 0) is 0 Å². The molecule has 1 fully saturated rings. The topological polar surface area (TPSA) is 60.9 Å². The summed E-state index contributed by atoms with van der Waals surface area (Å²) in [6.45, 7) is 4.64. The summed E-state index contributed by atoms with van der Waals surface area (Å²) < 4.78 is 0. The molecular weight excluding hydrogens is 344 g/mol. The SMILES string of the molecule is Cc1ccc(C(=O)N(C)CC2(O)CN(C(=O)c3ccc(C)s3)C2)s1. The van der Waals surface area contributed by atoms with E-state index in [-0.39, 0.29) is 31.4 Å². The van der Waals surface area contributed by atoms with Crippen molar-refractivity contribution in [1.29, 1.82) is 0 Å². The van der Waals surface area contributed by atoms with E-state index in [1.54, 1.807) is 18.0 Å². The van der Waals surface area contributed by atoms with Crippen LogP contribution in [-0.4, -0.2) is 59.0 Å². The third-order valence-corrected chi connectivity index (χ3v) is 6.02. The van der Waals surface area contributed by atoms with E-state index in [0.29, 0.717) is 9.75 Å². The molecule has 7 heteroatoms. The fourth-order valence-corrected chi connectivity index (χ4v) is 4.56. The molecule has 3 rings (SSSR count). The number of amides is 2. The van der Waals surface area contributed by atoms with E-state index < -0.39 is 5.60 Å². The summed E-state index contributed by atoms with van der Waals surface area (Å²) in [5.74, 6) is -0.152. The summed E-state index contributed by atoms with van der Waals surface area (Å²) in [7, 11) is 1.68. The highest BCUT2D eigenvalue weighted by molar-refractivity contribution is 7.14. The molecule has 0 aromatic carbocycles. The first kappa shape index (κ1) is 17.1. The van der Waals surface area contributed by atoms with Crippen LogP contribution in [0.2, 0.25) is 0 Å². The zero-order valence-corrected chi connectivity index (χ0v) is 15.5. The van der Waals surface area contributed by atoms with E-state index in [4.69, 9.17) is 0 Å². The standard InChI is InChI=1S/C17H20N2O3S2/c1-11-4-6-13(23-11)15(20)18(3)8-17(22)9-19(10-17)16(21)14-7-5-12(2)24-14/h4-7,22H,8-10H2,1-3H3. The number of nitrogens with zero attached hydrogens (tertiary/aromatic N) is 2. The quantitative estimate of drug-likeness (QED) is 0.906. The number of hydrogen-bond acceptors (Lipinski definition) is 5. The normalized spacial score (nSPS) is 15.9. The molecule has 1 N–H and O–H groups in total. The van der Waals surface area contributed by atoms with Crippen molar-refractivity contribution in [3.05, 3.63) is 43.8 Å². The van der Waals surface area contributed by atoms with Crippen molar-refractivity contribution in [3.8, 4) is 0 Å². The lowest BCUT2D eigenvalue weighted by molar-refractivity contribution is -0.0905. The van der Waals surface area contributed by atoms with Crippen LogP contribution in [0.3, 0.4) is 0 Å². The predicted molar refractivity (Wildman–Crippen MR) is 95.9 cm³/mol. The second kappa shape index (κ2) is 6.31. The van der Waals surface area contributed by atoms with Gasteiger partial charge >= 0.3 is 0 Å². The molecule has 2 amide bonds. The van der Waals surface area contributed by atoms with Crippen molar-refractivity contribution in [1.82, 2.24) is 9.80 Å². The van der Waals surface area contributed by atoms with Crippen LogP contribution in [0.4, 0.5) is 0 Å². The van der Waals surface area contributed by atoms with Crippen LogP contribution in [0.25, 0.3) is 0 Å². The second-order valence-corrected chi connectivity index (χ2v) is 8.94. The number of aryl methyl sites for hydroxylation is 2. The number of aliphatic hydroxyl groups is 1. The van der Waals surface area contributed by atoms with Crippen LogP contribution in [0.15, 0.2) is 24.3 Å². The van der Waals surface area contributed by atoms with E-state index in [9.17, 15) is 14.7 Å². The van der Waals surface area contributed by atoms with Gasteiger partial charge in [-0.15, -0.1) is 22.7 Å². The largest absolute Gasteiger partial charge is 0.384 e. The van der Waals surface area contributed by atoms with Gasteiger partial charge in [0, 0.05) is 16.8 Å². The molecule has 0 atom stereocenters. The lowest BCUT2D eigenvalue weighted by atomic mass is 9.93. The van der Waals surface area contributed by atoms with E-state index in [1.807, 2.05) is 32.0 Å². The van der Waals surface area contributed by atoms with Gasteiger partial charge in [0.2, 0.25) is 0 Å². The molecule has 1 aliphatic rings. The first-order valence-electron chi connectivity index (χ1n) is 7.67. The first-order chi connectivity index (χ1) is 11.3. The molecule has 5 nitrogen and oxygen atoms in total. The smallest absolute Gasteiger partial charge is 0.264 e. The van der Waals surface area contributed by atoms with Crippen LogP contribution < -0.4 is 0 Å². The Morgan fingerprint density at radius 3 is 2.17 bits per heavy atom. The van der Waals surface area contributed by atoms with Crippen molar-refractivity contribution < 1.29 is 14.7 Å². The van der Waals surface area contributed by atoms with Gasteiger partial charge in [0.05, 0.1) is 29.4 Å². The van der Waals surface area contributed by atoms with Crippen molar-refractivity contribution in [2.75, 3.05) is 26.7 Å². The lowest BCUT2D eigenvalue weighted by Gasteiger charge is -2.47. The zero-order valence-electron chi connectivity index (χ0n) is 13.9. The molecule has 0 saturated carbocycles. The molecule has 2 aromatic rings. The summed E-state index contributed by atoms with van der Waals surface area (Å²) in [6.07, 6.45) is 0. The molecule has 1 aliphatic heterocycles. The number of carbonyl (C=O) groups excluding carboxylic acids is 2. The minimum atomic E-state index is -1.03. The number of likely N-dealkylation sites (tertiary alicyclic amines) is 1.